The summed E-state index contributed by atoms with van der Waals surface area (Å²) in [4.78, 5) is 12.0. The number of nitrogens with zero attached hydrogens (tertiary/aromatic N) is 2. The summed E-state index contributed by atoms with van der Waals surface area (Å²) in [6.07, 6.45) is 3.48. The van der Waals surface area contributed by atoms with Crippen LogP contribution in [0.25, 0.3) is 0 Å². The predicted octanol–water partition coefficient (Wildman–Crippen LogP) is 1.59. The van der Waals surface area contributed by atoms with Gasteiger partial charge in [-0.15, -0.1) is 0 Å². The number of anilines is 1. The van der Waals surface area contributed by atoms with Crippen LogP contribution in [0.5, 0.6) is 0 Å². The van der Waals surface area contributed by atoms with Crippen molar-refractivity contribution < 1.29 is 9.53 Å². The Morgan fingerprint density at radius 2 is 2.20 bits per heavy atom. The second-order valence-corrected chi connectivity index (χ2v) is 4.96. The maximum absolute atomic E-state index is 12.0. The number of amides is 1. The number of rotatable bonds is 3. The summed E-state index contributed by atoms with van der Waals surface area (Å²) < 4.78 is 5.34. The molecule has 1 fully saturated rings. The lowest BCUT2D eigenvalue weighted by molar-refractivity contribution is 0.0845. The topological polar surface area (TPSA) is 95.7 Å². The molecule has 2 aromatic rings. The smallest absolute Gasteiger partial charge is 0.260 e. The van der Waals surface area contributed by atoms with E-state index in [9.17, 15) is 4.79 Å². The molecule has 0 unspecified atom stereocenters. The first kappa shape index (κ1) is 12.9. The van der Waals surface area contributed by atoms with Crippen molar-refractivity contribution in [2.75, 3.05) is 18.5 Å². The number of hydrogen-bond donors (Lipinski definition) is 3. The molecule has 1 aliphatic heterocycles. The molecule has 0 aliphatic carbocycles. The molecule has 0 spiro atoms. The van der Waals surface area contributed by atoms with Gasteiger partial charge in [-0.2, -0.15) is 10.2 Å². The number of H-pyrrole nitrogens is 2. The average molecular weight is 275 g/mol. The van der Waals surface area contributed by atoms with Crippen LogP contribution < -0.4 is 5.32 Å². The van der Waals surface area contributed by atoms with Gasteiger partial charge in [-0.25, -0.2) is 0 Å². The maximum atomic E-state index is 12.0. The third-order valence-corrected chi connectivity index (χ3v) is 3.57. The Morgan fingerprint density at radius 3 is 2.90 bits per heavy atom. The minimum Gasteiger partial charge on any atom is -0.381 e. The van der Waals surface area contributed by atoms with Crippen LogP contribution in [0.4, 0.5) is 5.82 Å². The first-order valence-electron chi connectivity index (χ1n) is 6.68. The molecule has 7 heteroatoms. The highest BCUT2D eigenvalue weighted by molar-refractivity contribution is 6.04. The molecular formula is C13H17N5O2. The molecule has 0 aromatic carbocycles. The molecule has 3 heterocycles. The van der Waals surface area contributed by atoms with Crippen molar-refractivity contribution in [3.8, 4) is 0 Å². The van der Waals surface area contributed by atoms with Gasteiger partial charge in [-0.3, -0.25) is 15.0 Å². The molecule has 20 heavy (non-hydrogen) atoms. The minimum absolute atomic E-state index is 0.207. The Kier molecular flexibility index (Phi) is 3.51. The summed E-state index contributed by atoms with van der Waals surface area (Å²) >= 11 is 0. The quantitative estimate of drug-likeness (QED) is 0.792. The van der Waals surface area contributed by atoms with E-state index >= 15 is 0 Å². The second-order valence-electron chi connectivity index (χ2n) is 4.96. The van der Waals surface area contributed by atoms with Crippen LogP contribution in [0.2, 0.25) is 0 Å². The molecule has 1 aliphatic rings. The zero-order chi connectivity index (χ0) is 13.9. The molecule has 2 aromatic heterocycles. The third-order valence-electron chi connectivity index (χ3n) is 3.57. The van der Waals surface area contributed by atoms with Crippen molar-refractivity contribution in [1.29, 1.82) is 0 Å². The van der Waals surface area contributed by atoms with Crippen molar-refractivity contribution in [3.05, 3.63) is 29.2 Å². The number of nitrogens with one attached hydrogen (secondary N) is 3. The number of aryl methyl sites for hydroxylation is 1. The summed E-state index contributed by atoms with van der Waals surface area (Å²) in [7, 11) is 0. The molecule has 0 atom stereocenters. The molecule has 7 nitrogen and oxygen atoms in total. The number of ether oxygens (including phenoxy) is 1. The number of aromatic nitrogens is 4. The molecule has 3 N–H and O–H groups in total. The van der Waals surface area contributed by atoms with E-state index in [1.165, 1.54) is 6.20 Å². The van der Waals surface area contributed by atoms with Crippen LogP contribution in [0.3, 0.4) is 0 Å². The van der Waals surface area contributed by atoms with E-state index in [1.807, 2.05) is 6.07 Å². The first-order chi connectivity index (χ1) is 9.74. The summed E-state index contributed by atoms with van der Waals surface area (Å²) in [6.45, 7) is 3.36. The zero-order valence-corrected chi connectivity index (χ0v) is 11.3. The fourth-order valence-electron chi connectivity index (χ4n) is 2.38. The largest absolute Gasteiger partial charge is 0.381 e. The fraction of sp³-hybridized carbons (Fsp3) is 0.462. The highest BCUT2D eigenvalue weighted by Gasteiger charge is 2.19. The van der Waals surface area contributed by atoms with Crippen molar-refractivity contribution in [2.45, 2.75) is 25.7 Å². The molecular weight excluding hydrogens is 258 g/mol. The van der Waals surface area contributed by atoms with E-state index in [0.29, 0.717) is 17.3 Å². The van der Waals surface area contributed by atoms with E-state index < -0.39 is 0 Å². The van der Waals surface area contributed by atoms with Gasteiger partial charge >= 0.3 is 0 Å². The Morgan fingerprint density at radius 1 is 1.40 bits per heavy atom. The van der Waals surface area contributed by atoms with Gasteiger partial charge in [0.15, 0.2) is 5.82 Å². The standard InChI is InChI=1S/C13H17N5O2/c1-8-10(7-14-16-8)13(19)15-12-6-11(17-18-12)9-2-4-20-5-3-9/h6-7,9H,2-5H2,1H3,(H,14,16)(H2,15,17,18,19). The summed E-state index contributed by atoms with van der Waals surface area (Å²) in [5, 5.41) is 16.5. The Balaban J connectivity index is 1.68. The van der Waals surface area contributed by atoms with E-state index in [0.717, 1.165) is 37.4 Å². The number of hydrogen-bond acceptors (Lipinski definition) is 4. The lowest BCUT2D eigenvalue weighted by Crippen LogP contribution is -2.14. The van der Waals surface area contributed by atoms with Gasteiger partial charge < -0.3 is 10.1 Å². The monoisotopic (exact) mass is 275 g/mol. The highest BCUT2D eigenvalue weighted by Crippen LogP contribution is 2.26. The third kappa shape index (κ3) is 2.57. The van der Waals surface area contributed by atoms with Crippen LogP contribution in [0.15, 0.2) is 12.3 Å². The molecule has 0 bridgehead atoms. The maximum Gasteiger partial charge on any atom is 0.260 e. The van der Waals surface area contributed by atoms with Crippen LogP contribution in [0.1, 0.15) is 40.5 Å². The molecule has 0 saturated carbocycles. The molecule has 1 amide bonds. The Bertz CT molecular complexity index is 597. The zero-order valence-electron chi connectivity index (χ0n) is 11.3. The molecule has 1 saturated heterocycles. The van der Waals surface area contributed by atoms with Crippen LogP contribution in [-0.2, 0) is 4.74 Å². The predicted molar refractivity (Wildman–Crippen MR) is 72.7 cm³/mol. The SMILES string of the molecule is Cc1[nH]ncc1C(=O)Nc1cc(C2CCOCC2)[nH]n1. The average Bonchev–Trinajstić information content (AvgIpc) is 3.09. The first-order valence-corrected chi connectivity index (χ1v) is 6.68. The van der Waals surface area contributed by atoms with Crippen LogP contribution in [0, 0.1) is 6.92 Å². The minimum atomic E-state index is -0.207. The summed E-state index contributed by atoms with van der Waals surface area (Å²) in [5.41, 5.74) is 2.32. The van der Waals surface area contributed by atoms with Crippen LogP contribution >= 0.6 is 0 Å². The summed E-state index contributed by atoms with van der Waals surface area (Å²) in [6, 6.07) is 1.89. The summed E-state index contributed by atoms with van der Waals surface area (Å²) in [5.74, 6) is 0.760. The van der Waals surface area contributed by atoms with Gasteiger partial charge in [-0.05, 0) is 19.8 Å². The van der Waals surface area contributed by atoms with E-state index in [1.54, 1.807) is 6.92 Å². The van der Waals surface area contributed by atoms with E-state index in [2.05, 4.69) is 25.7 Å². The van der Waals surface area contributed by atoms with Crippen LogP contribution in [-0.4, -0.2) is 39.5 Å². The molecule has 0 radical (unpaired) electrons. The number of carbonyl (C=O) groups is 1. The van der Waals surface area contributed by atoms with Crippen molar-refractivity contribution in [1.82, 2.24) is 20.4 Å². The van der Waals surface area contributed by atoms with Gasteiger partial charge in [0.05, 0.1) is 11.8 Å². The fourth-order valence-corrected chi connectivity index (χ4v) is 2.38. The van der Waals surface area contributed by atoms with Crippen molar-refractivity contribution in [2.24, 2.45) is 0 Å². The number of carbonyl (C=O) groups excluding carboxylic acids is 1. The van der Waals surface area contributed by atoms with Crippen molar-refractivity contribution in [3.63, 3.8) is 0 Å². The highest BCUT2D eigenvalue weighted by atomic mass is 16.5. The van der Waals surface area contributed by atoms with E-state index in [4.69, 9.17) is 4.74 Å². The lowest BCUT2D eigenvalue weighted by Gasteiger charge is -2.20. The Labute approximate surface area is 116 Å². The van der Waals surface area contributed by atoms with Gasteiger partial charge in [0, 0.05) is 36.6 Å². The Hall–Kier alpha value is -2.15. The number of aromatic amines is 2. The molecule has 3 rings (SSSR count). The lowest BCUT2D eigenvalue weighted by atomic mass is 9.97. The van der Waals surface area contributed by atoms with Gasteiger partial charge in [0.2, 0.25) is 0 Å². The van der Waals surface area contributed by atoms with Gasteiger partial charge in [-0.1, -0.05) is 0 Å². The normalized spacial score (nSPS) is 16.2. The van der Waals surface area contributed by atoms with E-state index in [-0.39, 0.29) is 5.91 Å². The molecule has 106 valence electrons. The van der Waals surface area contributed by atoms with Gasteiger partial charge in [0.25, 0.3) is 5.91 Å². The second kappa shape index (κ2) is 5.46. The van der Waals surface area contributed by atoms with Crippen molar-refractivity contribution >= 4 is 11.7 Å². The van der Waals surface area contributed by atoms with Gasteiger partial charge in [0.1, 0.15) is 0 Å².